The van der Waals surface area contributed by atoms with Gasteiger partial charge in [-0.15, -0.1) is 22.7 Å². The van der Waals surface area contributed by atoms with E-state index in [2.05, 4.69) is 10.3 Å². The van der Waals surface area contributed by atoms with Crippen LogP contribution in [0.1, 0.15) is 23.2 Å². The lowest BCUT2D eigenvalue weighted by atomic mass is 10.2. The number of hydrogen-bond acceptors (Lipinski definition) is 6. The van der Waals surface area contributed by atoms with E-state index in [4.69, 9.17) is 21.1 Å². The number of aromatic nitrogens is 1. The zero-order valence-corrected chi connectivity index (χ0v) is 16.7. The Kier molecular flexibility index (Phi) is 5.73. The van der Waals surface area contributed by atoms with Crippen molar-refractivity contribution in [3.63, 3.8) is 0 Å². The maximum absolute atomic E-state index is 12.7. The highest BCUT2D eigenvalue weighted by Crippen LogP contribution is 2.33. The van der Waals surface area contributed by atoms with Crippen LogP contribution in [0.5, 0.6) is 5.75 Å². The molecule has 3 heterocycles. The summed E-state index contributed by atoms with van der Waals surface area (Å²) >= 11 is 8.81. The lowest BCUT2D eigenvalue weighted by molar-refractivity contribution is 0.0673. The number of anilines is 1. The first-order chi connectivity index (χ1) is 13.2. The number of para-hydroxylation sites is 1. The molecule has 0 bridgehead atoms. The Morgan fingerprint density at radius 2 is 2.22 bits per heavy atom. The monoisotopic (exact) mass is 420 g/mol. The Hall–Kier alpha value is -1.93. The van der Waals surface area contributed by atoms with Gasteiger partial charge in [-0.05, 0) is 37.1 Å². The summed E-state index contributed by atoms with van der Waals surface area (Å²) in [6.07, 6.45) is 2.14. The fourth-order valence-corrected chi connectivity index (χ4v) is 4.58. The second-order valence-corrected chi connectivity index (χ2v) is 8.61. The van der Waals surface area contributed by atoms with E-state index in [9.17, 15) is 4.79 Å². The fourth-order valence-electron chi connectivity index (χ4n) is 2.80. The smallest absolute Gasteiger partial charge is 0.261 e. The van der Waals surface area contributed by atoms with E-state index < -0.39 is 0 Å². The quantitative estimate of drug-likeness (QED) is 0.585. The highest BCUT2D eigenvalue weighted by Gasteiger charge is 2.19. The van der Waals surface area contributed by atoms with Crippen LogP contribution in [0.4, 0.5) is 5.13 Å². The first-order valence-corrected chi connectivity index (χ1v) is 10.6. The third kappa shape index (κ3) is 4.50. The molecule has 1 aliphatic rings. The second kappa shape index (κ2) is 8.39. The van der Waals surface area contributed by atoms with Gasteiger partial charge >= 0.3 is 0 Å². The average Bonchev–Trinajstić information content (AvgIpc) is 3.42. The van der Waals surface area contributed by atoms with E-state index in [1.54, 1.807) is 12.1 Å². The van der Waals surface area contributed by atoms with Crippen molar-refractivity contribution >= 4 is 45.3 Å². The summed E-state index contributed by atoms with van der Waals surface area (Å²) in [4.78, 5) is 18.2. The number of hydrogen-bond donors (Lipinski definition) is 1. The van der Waals surface area contributed by atoms with Gasteiger partial charge in [-0.2, -0.15) is 0 Å². The molecule has 1 saturated heterocycles. The number of nitrogens with one attached hydrogen (secondary N) is 1. The molecule has 140 valence electrons. The van der Waals surface area contributed by atoms with E-state index in [0.29, 0.717) is 27.4 Å². The van der Waals surface area contributed by atoms with Gasteiger partial charge in [-0.3, -0.25) is 10.1 Å². The minimum Gasteiger partial charge on any atom is -0.490 e. The highest BCUT2D eigenvalue weighted by atomic mass is 35.5. The van der Waals surface area contributed by atoms with Crippen LogP contribution in [0.3, 0.4) is 0 Å². The molecule has 0 aliphatic carbocycles. The van der Waals surface area contributed by atoms with Gasteiger partial charge in [0.05, 0.1) is 26.6 Å². The zero-order valence-electron chi connectivity index (χ0n) is 14.3. The summed E-state index contributed by atoms with van der Waals surface area (Å²) in [7, 11) is 0. The summed E-state index contributed by atoms with van der Waals surface area (Å²) in [6, 6.07) is 11.0. The second-order valence-electron chi connectivity index (χ2n) is 6.04. The molecule has 1 atom stereocenters. The minimum atomic E-state index is -0.247. The number of thiazole rings is 1. The average molecular weight is 421 g/mol. The predicted molar refractivity (Wildman–Crippen MR) is 109 cm³/mol. The van der Waals surface area contributed by atoms with Gasteiger partial charge in [0, 0.05) is 12.0 Å². The van der Waals surface area contributed by atoms with Gasteiger partial charge < -0.3 is 9.47 Å². The van der Waals surface area contributed by atoms with E-state index in [0.717, 1.165) is 30.0 Å². The normalized spacial score (nSPS) is 16.4. The van der Waals surface area contributed by atoms with E-state index in [1.165, 1.54) is 22.7 Å². The zero-order chi connectivity index (χ0) is 18.6. The van der Waals surface area contributed by atoms with Gasteiger partial charge in [0.25, 0.3) is 5.91 Å². The lowest BCUT2D eigenvalue weighted by Gasteiger charge is -2.14. The standard InChI is InChI=1S/C19H17ClN2O3S2/c20-17-8-7-16(27-17)14-11-26-19(21-14)22-18(23)13-5-1-2-6-15(13)25-10-12-4-3-9-24-12/h1-2,5-8,11-12H,3-4,9-10H2,(H,21,22,23). The number of halogens is 1. The molecule has 8 heteroatoms. The molecule has 0 radical (unpaired) electrons. The molecular weight excluding hydrogens is 404 g/mol. The molecule has 2 aromatic heterocycles. The van der Waals surface area contributed by atoms with Crippen molar-refractivity contribution in [3.05, 3.63) is 51.7 Å². The van der Waals surface area contributed by atoms with Crippen molar-refractivity contribution in [2.24, 2.45) is 0 Å². The number of thiophene rings is 1. The molecule has 1 amide bonds. The molecule has 1 unspecified atom stereocenters. The topological polar surface area (TPSA) is 60.5 Å². The third-order valence-electron chi connectivity index (χ3n) is 4.13. The Morgan fingerprint density at radius 3 is 3.00 bits per heavy atom. The Balaban J connectivity index is 1.44. The van der Waals surface area contributed by atoms with Gasteiger partial charge in [0.1, 0.15) is 12.4 Å². The van der Waals surface area contributed by atoms with Gasteiger partial charge in [0.2, 0.25) is 0 Å². The summed E-state index contributed by atoms with van der Waals surface area (Å²) < 4.78 is 12.1. The van der Waals surface area contributed by atoms with Crippen LogP contribution >= 0.6 is 34.3 Å². The predicted octanol–water partition coefficient (Wildman–Crippen LogP) is 5.34. The molecule has 4 rings (SSSR count). The molecule has 1 fully saturated rings. The summed E-state index contributed by atoms with van der Waals surface area (Å²) in [5, 5.41) is 5.29. The van der Waals surface area contributed by atoms with Crippen molar-refractivity contribution < 1.29 is 14.3 Å². The number of amides is 1. The molecular formula is C19H17ClN2O3S2. The summed E-state index contributed by atoms with van der Waals surface area (Å²) in [5.41, 5.74) is 1.28. The SMILES string of the molecule is O=C(Nc1nc(-c2ccc(Cl)s2)cs1)c1ccccc1OCC1CCCO1. The number of nitrogens with zero attached hydrogens (tertiary/aromatic N) is 1. The van der Waals surface area contributed by atoms with Gasteiger partial charge in [0.15, 0.2) is 5.13 Å². The van der Waals surface area contributed by atoms with Crippen molar-refractivity contribution in [1.82, 2.24) is 4.98 Å². The summed E-state index contributed by atoms with van der Waals surface area (Å²) in [6.45, 7) is 1.23. The van der Waals surface area contributed by atoms with Crippen molar-refractivity contribution in [3.8, 4) is 16.3 Å². The highest BCUT2D eigenvalue weighted by molar-refractivity contribution is 7.20. The Morgan fingerprint density at radius 1 is 1.33 bits per heavy atom. The van der Waals surface area contributed by atoms with Crippen LogP contribution in [0.15, 0.2) is 41.8 Å². The molecule has 0 spiro atoms. The molecule has 1 aromatic carbocycles. The minimum absolute atomic E-state index is 0.0975. The fraction of sp³-hybridized carbons (Fsp3) is 0.263. The molecule has 5 nitrogen and oxygen atoms in total. The van der Waals surface area contributed by atoms with Crippen LogP contribution in [-0.2, 0) is 4.74 Å². The van der Waals surface area contributed by atoms with Crippen molar-refractivity contribution in [1.29, 1.82) is 0 Å². The summed E-state index contributed by atoms with van der Waals surface area (Å²) in [5.74, 6) is 0.301. The maximum atomic E-state index is 12.7. The Labute approximate surface area is 169 Å². The number of benzene rings is 1. The van der Waals surface area contributed by atoms with Crippen LogP contribution in [-0.4, -0.2) is 30.2 Å². The molecule has 0 saturated carbocycles. The molecule has 27 heavy (non-hydrogen) atoms. The Bertz CT molecular complexity index is 934. The number of rotatable bonds is 6. The molecule has 1 N–H and O–H groups in total. The van der Waals surface area contributed by atoms with Gasteiger partial charge in [-0.1, -0.05) is 23.7 Å². The van der Waals surface area contributed by atoms with Crippen LogP contribution < -0.4 is 10.1 Å². The van der Waals surface area contributed by atoms with Crippen LogP contribution in [0.2, 0.25) is 4.34 Å². The molecule has 1 aliphatic heterocycles. The molecule has 3 aromatic rings. The maximum Gasteiger partial charge on any atom is 0.261 e. The number of ether oxygens (including phenoxy) is 2. The van der Waals surface area contributed by atoms with Crippen LogP contribution in [0, 0.1) is 0 Å². The van der Waals surface area contributed by atoms with Crippen molar-refractivity contribution in [2.75, 3.05) is 18.5 Å². The first-order valence-electron chi connectivity index (χ1n) is 8.55. The number of carbonyl (C=O) groups is 1. The van der Waals surface area contributed by atoms with Gasteiger partial charge in [-0.25, -0.2) is 4.98 Å². The lowest BCUT2D eigenvalue weighted by Crippen LogP contribution is -2.19. The van der Waals surface area contributed by atoms with E-state index in [1.807, 2.05) is 29.6 Å². The largest absolute Gasteiger partial charge is 0.490 e. The van der Waals surface area contributed by atoms with Crippen molar-refractivity contribution in [2.45, 2.75) is 18.9 Å². The number of carbonyl (C=O) groups excluding carboxylic acids is 1. The van der Waals surface area contributed by atoms with Crippen LogP contribution in [0.25, 0.3) is 10.6 Å². The van der Waals surface area contributed by atoms with E-state index in [-0.39, 0.29) is 12.0 Å². The van der Waals surface area contributed by atoms with E-state index >= 15 is 0 Å². The first kappa shape index (κ1) is 18.4. The third-order valence-corrected chi connectivity index (χ3v) is 6.14.